The van der Waals surface area contributed by atoms with E-state index in [0.29, 0.717) is 5.56 Å². The van der Waals surface area contributed by atoms with Crippen LogP contribution >= 0.6 is 11.8 Å². The minimum atomic E-state index is -0.733. The van der Waals surface area contributed by atoms with Gasteiger partial charge in [0, 0.05) is 0 Å². The number of carbonyl (C=O) groups is 3. The second-order valence-corrected chi connectivity index (χ2v) is 8.50. The van der Waals surface area contributed by atoms with E-state index in [4.69, 9.17) is 9.47 Å². The predicted molar refractivity (Wildman–Crippen MR) is 127 cm³/mol. The number of imide groups is 1. The van der Waals surface area contributed by atoms with Gasteiger partial charge < -0.3 is 9.47 Å². The van der Waals surface area contributed by atoms with Crippen LogP contribution in [0.2, 0.25) is 0 Å². The number of hydrogen-bond donors (Lipinski definition) is 0. The number of rotatable bonds is 6. The molecule has 3 aromatic carbocycles. The summed E-state index contributed by atoms with van der Waals surface area (Å²) >= 11 is 0.866. The molecule has 0 atom stereocenters. The van der Waals surface area contributed by atoms with E-state index >= 15 is 0 Å². The van der Waals surface area contributed by atoms with Crippen molar-refractivity contribution in [2.24, 2.45) is 0 Å². The van der Waals surface area contributed by atoms with Crippen LogP contribution in [0.4, 0.5) is 9.18 Å². The number of thioether (sulfide) groups is 1. The Morgan fingerprint density at radius 2 is 1.82 bits per heavy atom. The van der Waals surface area contributed by atoms with Gasteiger partial charge in [-0.05, 0) is 71.8 Å². The normalized spacial score (nSPS) is 14.6. The first-order chi connectivity index (χ1) is 16.4. The van der Waals surface area contributed by atoms with E-state index in [-0.39, 0.29) is 39.7 Å². The lowest BCUT2D eigenvalue weighted by molar-refractivity contribution is -0.123. The molecule has 0 aromatic heterocycles. The minimum absolute atomic E-state index is 0.0634. The summed E-state index contributed by atoms with van der Waals surface area (Å²) in [6, 6.07) is 17.5. The third-order valence-corrected chi connectivity index (χ3v) is 6.12. The van der Waals surface area contributed by atoms with Crippen LogP contribution in [0.3, 0.4) is 0 Å². The molecule has 0 bridgehead atoms. The van der Waals surface area contributed by atoms with E-state index in [1.165, 1.54) is 36.3 Å². The van der Waals surface area contributed by atoms with Crippen molar-refractivity contribution in [3.8, 4) is 11.5 Å². The first-order valence-electron chi connectivity index (χ1n) is 10.3. The first kappa shape index (κ1) is 23.3. The molecule has 0 radical (unpaired) electrons. The highest BCUT2D eigenvalue weighted by Gasteiger charge is 2.35. The Balaban J connectivity index is 1.53. The molecule has 0 saturated carbocycles. The summed E-state index contributed by atoms with van der Waals surface area (Å²) < 4.78 is 24.1. The molecule has 4 rings (SSSR count). The maximum Gasteiger partial charge on any atom is 0.343 e. The van der Waals surface area contributed by atoms with Crippen LogP contribution in [-0.2, 0) is 11.3 Å². The number of halogens is 1. The van der Waals surface area contributed by atoms with Crippen LogP contribution in [0.15, 0.2) is 71.6 Å². The predicted octanol–water partition coefficient (Wildman–Crippen LogP) is 5.60. The van der Waals surface area contributed by atoms with Crippen molar-refractivity contribution in [2.75, 3.05) is 7.11 Å². The van der Waals surface area contributed by atoms with Gasteiger partial charge in [-0.1, -0.05) is 36.4 Å². The van der Waals surface area contributed by atoms with Gasteiger partial charge in [0.05, 0.1) is 24.1 Å². The van der Waals surface area contributed by atoms with Crippen molar-refractivity contribution in [1.29, 1.82) is 0 Å². The zero-order valence-electron chi connectivity index (χ0n) is 18.4. The zero-order valence-corrected chi connectivity index (χ0v) is 19.2. The Hall–Kier alpha value is -3.91. The first-order valence-corrected chi connectivity index (χ1v) is 11.1. The van der Waals surface area contributed by atoms with Crippen molar-refractivity contribution < 1.29 is 28.2 Å². The zero-order chi connectivity index (χ0) is 24.2. The third-order valence-electron chi connectivity index (χ3n) is 5.21. The highest BCUT2D eigenvalue weighted by molar-refractivity contribution is 8.18. The third kappa shape index (κ3) is 5.02. The molecule has 1 fully saturated rings. The molecule has 0 spiro atoms. The molecule has 1 aliphatic heterocycles. The van der Waals surface area contributed by atoms with Gasteiger partial charge in [-0.3, -0.25) is 14.5 Å². The van der Waals surface area contributed by atoms with Gasteiger partial charge in [-0.2, -0.15) is 0 Å². The highest BCUT2D eigenvalue weighted by Crippen LogP contribution is 2.35. The Kier molecular flexibility index (Phi) is 6.79. The van der Waals surface area contributed by atoms with Gasteiger partial charge in [0.2, 0.25) is 0 Å². The average molecular weight is 478 g/mol. The second kappa shape index (κ2) is 9.93. The number of amides is 2. The van der Waals surface area contributed by atoms with Gasteiger partial charge in [-0.25, -0.2) is 9.18 Å². The topological polar surface area (TPSA) is 72.9 Å². The number of aryl methyl sites for hydroxylation is 1. The molecule has 2 amide bonds. The lowest BCUT2D eigenvalue weighted by Gasteiger charge is -2.14. The standard InChI is InChI=1S/C26H20FNO5S/c1-16-6-3-4-7-19(16)15-28-24(29)23(34-26(28)31)13-17-10-11-21(22(12-17)32-2)33-25(30)18-8-5-9-20(27)14-18/h3-14H,15H2,1-2H3/b23-13-. The summed E-state index contributed by atoms with van der Waals surface area (Å²) in [6.07, 6.45) is 1.59. The van der Waals surface area contributed by atoms with Crippen molar-refractivity contribution >= 4 is 35.0 Å². The molecule has 6 nitrogen and oxygen atoms in total. The summed E-state index contributed by atoms with van der Waals surface area (Å²) in [6.45, 7) is 2.13. The number of methoxy groups -OCH3 is 1. The summed E-state index contributed by atoms with van der Waals surface area (Å²) in [5, 5.41) is -0.341. The van der Waals surface area contributed by atoms with Gasteiger partial charge in [0.15, 0.2) is 11.5 Å². The number of carbonyl (C=O) groups excluding carboxylic acids is 3. The van der Waals surface area contributed by atoms with Gasteiger partial charge >= 0.3 is 5.97 Å². The molecule has 8 heteroatoms. The van der Waals surface area contributed by atoms with Crippen molar-refractivity contribution in [1.82, 2.24) is 4.90 Å². The van der Waals surface area contributed by atoms with Crippen LogP contribution in [0.25, 0.3) is 6.08 Å². The average Bonchev–Trinajstić information content (AvgIpc) is 3.08. The molecule has 1 saturated heterocycles. The number of nitrogens with zero attached hydrogens (tertiary/aromatic N) is 1. The van der Waals surface area contributed by atoms with Crippen molar-refractivity contribution in [3.63, 3.8) is 0 Å². The molecule has 1 aliphatic rings. The maximum atomic E-state index is 13.4. The van der Waals surface area contributed by atoms with E-state index in [2.05, 4.69) is 0 Å². The Bertz CT molecular complexity index is 1320. The highest BCUT2D eigenvalue weighted by atomic mass is 32.2. The van der Waals surface area contributed by atoms with Crippen LogP contribution in [0, 0.1) is 12.7 Å². The van der Waals surface area contributed by atoms with Crippen LogP contribution < -0.4 is 9.47 Å². The summed E-state index contributed by atoms with van der Waals surface area (Å²) in [5.74, 6) is -1.27. The lowest BCUT2D eigenvalue weighted by Crippen LogP contribution is -2.27. The largest absolute Gasteiger partial charge is 0.493 e. The number of esters is 1. The number of ether oxygens (including phenoxy) is 2. The van der Waals surface area contributed by atoms with E-state index in [1.807, 2.05) is 31.2 Å². The summed E-state index contributed by atoms with van der Waals surface area (Å²) in [7, 11) is 1.41. The molecule has 0 N–H and O–H groups in total. The van der Waals surface area contributed by atoms with Crippen LogP contribution in [0.5, 0.6) is 11.5 Å². The lowest BCUT2D eigenvalue weighted by atomic mass is 10.1. The fraction of sp³-hybridized carbons (Fsp3) is 0.115. The maximum absolute atomic E-state index is 13.4. The van der Waals surface area contributed by atoms with Crippen LogP contribution in [0.1, 0.15) is 27.0 Å². The van der Waals surface area contributed by atoms with Crippen LogP contribution in [-0.4, -0.2) is 29.1 Å². The Labute approximate surface area is 200 Å². The Morgan fingerprint density at radius 1 is 1.03 bits per heavy atom. The van der Waals surface area contributed by atoms with Gasteiger partial charge in [-0.15, -0.1) is 0 Å². The SMILES string of the molecule is COc1cc(/C=C2\SC(=O)N(Cc3ccccc3C)C2=O)ccc1OC(=O)c1cccc(F)c1. The van der Waals surface area contributed by atoms with E-state index in [0.717, 1.165) is 29.0 Å². The molecule has 3 aromatic rings. The monoisotopic (exact) mass is 477 g/mol. The van der Waals surface area contributed by atoms with E-state index < -0.39 is 11.8 Å². The van der Waals surface area contributed by atoms with E-state index in [9.17, 15) is 18.8 Å². The summed E-state index contributed by atoms with van der Waals surface area (Å²) in [4.78, 5) is 39.2. The van der Waals surface area contributed by atoms with Crippen molar-refractivity contribution in [2.45, 2.75) is 13.5 Å². The molecular weight excluding hydrogens is 457 g/mol. The Morgan fingerprint density at radius 3 is 2.56 bits per heavy atom. The number of benzene rings is 3. The molecular formula is C26H20FNO5S. The molecule has 34 heavy (non-hydrogen) atoms. The smallest absolute Gasteiger partial charge is 0.343 e. The number of hydrogen-bond acceptors (Lipinski definition) is 6. The van der Waals surface area contributed by atoms with Crippen molar-refractivity contribution in [3.05, 3.63) is 99.7 Å². The quantitative estimate of drug-likeness (QED) is 0.262. The molecule has 172 valence electrons. The molecule has 0 aliphatic carbocycles. The fourth-order valence-corrected chi connectivity index (χ4v) is 4.22. The minimum Gasteiger partial charge on any atom is -0.493 e. The second-order valence-electron chi connectivity index (χ2n) is 7.50. The van der Waals surface area contributed by atoms with Gasteiger partial charge in [0.25, 0.3) is 11.1 Å². The fourth-order valence-electron chi connectivity index (χ4n) is 3.38. The molecule has 0 unspecified atom stereocenters. The van der Waals surface area contributed by atoms with E-state index in [1.54, 1.807) is 18.2 Å². The molecule has 1 heterocycles. The van der Waals surface area contributed by atoms with Gasteiger partial charge in [0.1, 0.15) is 5.82 Å². The summed E-state index contributed by atoms with van der Waals surface area (Å²) in [5.41, 5.74) is 2.55.